The van der Waals surface area contributed by atoms with Crippen molar-refractivity contribution >= 4 is 40.0 Å². The number of nitrogens with one attached hydrogen (secondary N) is 1. The van der Waals surface area contributed by atoms with Gasteiger partial charge in [0.15, 0.2) is 0 Å². The van der Waals surface area contributed by atoms with E-state index in [1.807, 2.05) is 31.3 Å². The summed E-state index contributed by atoms with van der Waals surface area (Å²) in [5, 5.41) is 3.89. The van der Waals surface area contributed by atoms with Crippen LogP contribution in [0.15, 0.2) is 24.3 Å². The van der Waals surface area contributed by atoms with Crippen molar-refractivity contribution in [2.24, 2.45) is 0 Å². The van der Waals surface area contributed by atoms with Crippen LogP contribution in [0.2, 0.25) is 5.02 Å². The van der Waals surface area contributed by atoms with Gasteiger partial charge in [0.25, 0.3) is 0 Å². The van der Waals surface area contributed by atoms with Crippen LogP contribution in [0.4, 0.5) is 5.82 Å². The van der Waals surface area contributed by atoms with Gasteiger partial charge in [-0.25, -0.2) is 9.97 Å². The van der Waals surface area contributed by atoms with Gasteiger partial charge < -0.3 is 5.32 Å². The quantitative estimate of drug-likeness (QED) is 0.758. The van der Waals surface area contributed by atoms with E-state index < -0.39 is 0 Å². The summed E-state index contributed by atoms with van der Waals surface area (Å²) in [7, 11) is 1.89. The maximum atomic E-state index is 6.02. The van der Waals surface area contributed by atoms with Gasteiger partial charge in [0.05, 0.1) is 9.26 Å². The molecular formula is C15H17ClIN3. The number of rotatable bonds is 5. The summed E-state index contributed by atoms with van der Waals surface area (Å²) in [5.74, 6) is 1.74. The molecule has 1 aromatic heterocycles. The van der Waals surface area contributed by atoms with Crippen LogP contribution in [-0.2, 0) is 12.8 Å². The molecule has 0 aliphatic carbocycles. The van der Waals surface area contributed by atoms with Crippen LogP contribution in [-0.4, -0.2) is 17.0 Å². The fourth-order valence-electron chi connectivity index (χ4n) is 2.02. The first-order chi connectivity index (χ1) is 9.63. The number of anilines is 1. The second-order valence-corrected chi connectivity index (χ2v) is 6.07. The Labute approximate surface area is 138 Å². The lowest BCUT2D eigenvalue weighted by Gasteiger charge is -2.11. The maximum absolute atomic E-state index is 6.02. The summed E-state index contributed by atoms with van der Waals surface area (Å²) in [4.78, 5) is 9.28. The second-order valence-electron chi connectivity index (χ2n) is 4.56. The maximum Gasteiger partial charge on any atom is 0.143 e. The lowest BCUT2D eigenvalue weighted by atomic mass is 10.1. The van der Waals surface area contributed by atoms with Crippen LogP contribution in [0.3, 0.4) is 0 Å². The molecule has 0 bridgehead atoms. The van der Waals surface area contributed by atoms with Gasteiger partial charge in [0.2, 0.25) is 0 Å². The zero-order chi connectivity index (χ0) is 14.5. The molecule has 0 radical (unpaired) electrons. The molecule has 20 heavy (non-hydrogen) atoms. The lowest BCUT2D eigenvalue weighted by molar-refractivity contribution is 0.834. The Kier molecular flexibility index (Phi) is 5.60. The van der Waals surface area contributed by atoms with Crippen LogP contribution in [0.5, 0.6) is 0 Å². The van der Waals surface area contributed by atoms with E-state index in [0.717, 1.165) is 44.3 Å². The minimum atomic E-state index is 0.697. The van der Waals surface area contributed by atoms with Gasteiger partial charge in [-0.15, -0.1) is 0 Å². The molecule has 1 heterocycles. The second kappa shape index (κ2) is 7.22. The van der Waals surface area contributed by atoms with Crippen molar-refractivity contribution in [3.05, 3.63) is 49.9 Å². The van der Waals surface area contributed by atoms with E-state index in [1.54, 1.807) is 0 Å². The molecule has 2 rings (SSSR count). The Balaban J connectivity index is 2.34. The normalized spacial score (nSPS) is 10.6. The molecule has 0 atom stereocenters. The van der Waals surface area contributed by atoms with E-state index in [9.17, 15) is 0 Å². The molecule has 3 nitrogen and oxygen atoms in total. The molecule has 0 fully saturated rings. The fourth-order valence-corrected chi connectivity index (χ4v) is 3.01. The Bertz CT molecular complexity index is 602. The first kappa shape index (κ1) is 15.5. The Morgan fingerprint density at radius 2 is 2.10 bits per heavy atom. The van der Waals surface area contributed by atoms with Gasteiger partial charge in [-0.2, -0.15) is 0 Å². The third kappa shape index (κ3) is 3.82. The summed E-state index contributed by atoms with van der Waals surface area (Å²) in [5.41, 5.74) is 2.24. The molecule has 5 heteroatoms. The first-order valence-corrected chi connectivity index (χ1v) is 8.07. The summed E-state index contributed by atoms with van der Waals surface area (Å²) in [6, 6.07) is 7.84. The zero-order valence-corrected chi connectivity index (χ0v) is 14.5. The van der Waals surface area contributed by atoms with Gasteiger partial charge in [-0.05, 0) is 46.7 Å². The van der Waals surface area contributed by atoms with Gasteiger partial charge in [0.1, 0.15) is 11.6 Å². The molecule has 2 aromatic rings. The summed E-state index contributed by atoms with van der Waals surface area (Å²) < 4.78 is 1.11. The summed E-state index contributed by atoms with van der Waals surface area (Å²) >= 11 is 8.33. The van der Waals surface area contributed by atoms with Crippen LogP contribution >= 0.6 is 34.2 Å². The Hall–Kier alpha value is -0.880. The van der Waals surface area contributed by atoms with Crippen molar-refractivity contribution < 1.29 is 0 Å². The number of hydrogen-bond acceptors (Lipinski definition) is 3. The molecule has 0 unspecified atom stereocenters. The van der Waals surface area contributed by atoms with Crippen molar-refractivity contribution in [1.29, 1.82) is 0 Å². The average molecular weight is 402 g/mol. The Morgan fingerprint density at radius 1 is 1.30 bits per heavy atom. The smallest absolute Gasteiger partial charge is 0.143 e. The van der Waals surface area contributed by atoms with Crippen molar-refractivity contribution in [2.45, 2.75) is 26.2 Å². The molecule has 0 saturated carbocycles. The van der Waals surface area contributed by atoms with Gasteiger partial charge >= 0.3 is 0 Å². The summed E-state index contributed by atoms with van der Waals surface area (Å²) in [6.45, 7) is 2.16. The number of nitrogens with zero attached hydrogens (tertiary/aromatic N) is 2. The number of benzene rings is 1. The first-order valence-electron chi connectivity index (χ1n) is 6.61. The van der Waals surface area contributed by atoms with E-state index in [1.165, 1.54) is 0 Å². The average Bonchev–Trinajstić information content (AvgIpc) is 2.42. The topological polar surface area (TPSA) is 37.8 Å². The van der Waals surface area contributed by atoms with Crippen molar-refractivity contribution in [1.82, 2.24) is 9.97 Å². The van der Waals surface area contributed by atoms with Gasteiger partial charge in [-0.3, -0.25) is 0 Å². The SMILES string of the molecule is CCCc1nc(Cc2cccc(Cl)c2)nc(NC)c1I. The molecule has 1 N–H and O–H groups in total. The molecule has 0 amide bonds. The number of aromatic nitrogens is 2. The van der Waals surface area contributed by atoms with E-state index in [0.29, 0.717) is 6.42 Å². The third-order valence-corrected chi connectivity index (χ3v) is 4.31. The van der Waals surface area contributed by atoms with Crippen molar-refractivity contribution in [3.63, 3.8) is 0 Å². The largest absolute Gasteiger partial charge is 0.372 e. The molecule has 1 aromatic carbocycles. The third-order valence-electron chi connectivity index (χ3n) is 2.94. The standard InChI is InChI=1S/C15H17ClIN3/c1-3-5-12-14(17)15(18-2)20-13(19-12)9-10-6-4-7-11(16)8-10/h4,6-8H,3,5,9H2,1-2H3,(H,18,19,20). The van der Waals surface area contributed by atoms with E-state index in [-0.39, 0.29) is 0 Å². The van der Waals surface area contributed by atoms with Crippen LogP contribution in [0.1, 0.15) is 30.4 Å². The highest BCUT2D eigenvalue weighted by atomic mass is 127. The lowest BCUT2D eigenvalue weighted by Crippen LogP contribution is -2.08. The predicted molar refractivity (Wildman–Crippen MR) is 92.5 cm³/mol. The molecule has 106 valence electrons. The highest BCUT2D eigenvalue weighted by Crippen LogP contribution is 2.21. The minimum absolute atomic E-state index is 0.697. The highest BCUT2D eigenvalue weighted by molar-refractivity contribution is 14.1. The fraction of sp³-hybridized carbons (Fsp3) is 0.333. The number of hydrogen-bond donors (Lipinski definition) is 1. The summed E-state index contributed by atoms with van der Waals surface area (Å²) in [6.07, 6.45) is 2.74. The van der Waals surface area contributed by atoms with Gasteiger partial charge in [-0.1, -0.05) is 37.1 Å². The van der Waals surface area contributed by atoms with E-state index in [4.69, 9.17) is 16.6 Å². The van der Waals surface area contributed by atoms with Crippen LogP contribution in [0, 0.1) is 3.57 Å². The molecule has 0 spiro atoms. The van der Waals surface area contributed by atoms with Gasteiger partial charge in [0, 0.05) is 18.5 Å². The number of aryl methyl sites for hydroxylation is 1. The van der Waals surface area contributed by atoms with E-state index in [2.05, 4.69) is 39.8 Å². The van der Waals surface area contributed by atoms with Crippen LogP contribution in [0.25, 0.3) is 0 Å². The Morgan fingerprint density at radius 3 is 2.75 bits per heavy atom. The molecular weight excluding hydrogens is 385 g/mol. The van der Waals surface area contributed by atoms with Crippen molar-refractivity contribution in [2.75, 3.05) is 12.4 Å². The number of halogens is 2. The molecule has 0 aliphatic heterocycles. The predicted octanol–water partition coefficient (Wildman–Crippen LogP) is 4.32. The van der Waals surface area contributed by atoms with Crippen LogP contribution < -0.4 is 5.32 Å². The van der Waals surface area contributed by atoms with Crippen molar-refractivity contribution in [3.8, 4) is 0 Å². The molecule has 0 aliphatic rings. The highest BCUT2D eigenvalue weighted by Gasteiger charge is 2.11. The minimum Gasteiger partial charge on any atom is -0.372 e. The molecule has 0 saturated heterocycles. The van der Waals surface area contributed by atoms with E-state index >= 15 is 0 Å². The zero-order valence-electron chi connectivity index (χ0n) is 11.6. The monoisotopic (exact) mass is 401 g/mol.